The molecule has 31 heavy (non-hydrogen) atoms. The van der Waals surface area contributed by atoms with Gasteiger partial charge in [0.2, 0.25) is 0 Å². The van der Waals surface area contributed by atoms with Crippen molar-refractivity contribution in [3.63, 3.8) is 0 Å². The van der Waals surface area contributed by atoms with E-state index in [0.29, 0.717) is 41.6 Å². The zero-order valence-corrected chi connectivity index (χ0v) is 19.1. The summed E-state index contributed by atoms with van der Waals surface area (Å²) in [4.78, 5) is 20.4. The van der Waals surface area contributed by atoms with Crippen LogP contribution < -0.4 is 9.47 Å². The maximum Gasteiger partial charge on any atom is 0.265 e. The Hall–Kier alpha value is -2.93. The summed E-state index contributed by atoms with van der Waals surface area (Å²) in [7, 11) is 3.18. The van der Waals surface area contributed by atoms with E-state index in [4.69, 9.17) is 9.47 Å². The Kier molecular flexibility index (Phi) is 7.63. The van der Waals surface area contributed by atoms with Gasteiger partial charge in [-0.2, -0.15) is 0 Å². The predicted octanol–water partition coefficient (Wildman–Crippen LogP) is 5.37. The molecule has 0 aliphatic carbocycles. The molecule has 0 spiro atoms. The molecule has 0 saturated carbocycles. The second-order valence-electron chi connectivity index (χ2n) is 7.18. The summed E-state index contributed by atoms with van der Waals surface area (Å²) in [5, 5.41) is 0.753. The second kappa shape index (κ2) is 10.4. The van der Waals surface area contributed by atoms with Crippen LogP contribution in [0, 0.1) is 12.7 Å². The van der Waals surface area contributed by atoms with E-state index in [1.807, 2.05) is 43.0 Å². The first-order valence-corrected chi connectivity index (χ1v) is 11.0. The van der Waals surface area contributed by atoms with Gasteiger partial charge in [0.1, 0.15) is 15.7 Å². The maximum atomic E-state index is 13.5. The Bertz CT molecular complexity index is 1050. The van der Waals surface area contributed by atoms with Crippen LogP contribution in [0.4, 0.5) is 4.39 Å². The molecule has 0 aliphatic heterocycles. The average Bonchev–Trinajstić information content (AvgIpc) is 3.17. The number of carbonyl (C=O) groups excluding carboxylic acids is 1. The number of halogens is 1. The van der Waals surface area contributed by atoms with Gasteiger partial charge in [-0.1, -0.05) is 19.1 Å². The third kappa shape index (κ3) is 5.41. The number of methoxy groups -OCH3 is 2. The lowest BCUT2D eigenvalue weighted by atomic mass is 10.1. The SMILES string of the molecule is CCCN(CCc1cccc(F)c1)C(=O)c1sc(-c2ccc(OC)c(OC)c2)nc1C. The Morgan fingerprint density at radius 3 is 2.55 bits per heavy atom. The molecule has 5 nitrogen and oxygen atoms in total. The van der Waals surface area contributed by atoms with E-state index in [0.717, 1.165) is 22.6 Å². The Labute approximate surface area is 186 Å². The highest BCUT2D eigenvalue weighted by Crippen LogP contribution is 2.35. The lowest BCUT2D eigenvalue weighted by molar-refractivity contribution is 0.0761. The number of hydrogen-bond donors (Lipinski definition) is 0. The standard InChI is InChI=1S/C24H27FN2O3S/c1-5-12-27(13-11-17-7-6-8-19(25)14-17)24(28)22-16(2)26-23(31-22)18-9-10-20(29-3)21(15-18)30-4/h6-10,14-15H,5,11-13H2,1-4H3. The molecule has 1 aromatic heterocycles. The van der Waals surface area contributed by atoms with Gasteiger partial charge in [0.25, 0.3) is 5.91 Å². The molecule has 0 radical (unpaired) electrons. The number of amides is 1. The van der Waals surface area contributed by atoms with Gasteiger partial charge in [0.05, 0.1) is 19.9 Å². The van der Waals surface area contributed by atoms with Crippen molar-refractivity contribution in [2.24, 2.45) is 0 Å². The highest BCUT2D eigenvalue weighted by molar-refractivity contribution is 7.17. The van der Waals surface area contributed by atoms with E-state index >= 15 is 0 Å². The van der Waals surface area contributed by atoms with E-state index < -0.39 is 0 Å². The molecule has 0 bridgehead atoms. The van der Waals surface area contributed by atoms with Crippen LogP contribution in [0.3, 0.4) is 0 Å². The van der Waals surface area contributed by atoms with Crippen LogP contribution in [0.1, 0.15) is 34.3 Å². The average molecular weight is 443 g/mol. The van der Waals surface area contributed by atoms with Gasteiger partial charge >= 0.3 is 0 Å². The normalized spacial score (nSPS) is 10.7. The number of ether oxygens (including phenoxy) is 2. The van der Waals surface area contributed by atoms with Gasteiger partial charge < -0.3 is 14.4 Å². The zero-order valence-electron chi connectivity index (χ0n) is 18.3. The number of aromatic nitrogens is 1. The van der Waals surface area contributed by atoms with Crippen molar-refractivity contribution in [3.05, 3.63) is 64.4 Å². The first-order valence-electron chi connectivity index (χ1n) is 10.2. The fraction of sp³-hybridized carbons (Fsp3) is 0.333. The minimum Gasteiger partial charge on any atom is -0.493 e. The predicted molar refractivity (Wildman–Crippen MR) is 122 cm³/mol. The molecule has 0 unspecified atom stereocenters. The summed E-state index contributed by atoms with van der Waals surface area (Å²) in [5.74, 6) is 0.953. The van der Waals surface area contributed by atoms with Gasteiger partial charge in [0.15, 0.2) is 11.5 Å². The highest BCUT2D eigenvalue weighted by atomic mass is 32.1. The summed E-state index contributed by atoms with van der Waals surface area (Å²) in [5.41, 5.74) is 2.44. The molecule has 164 valence electrons. The summed E-state index contributed by atoms with van der Waals surface area (Å²) < 4.78 is 24.2. The third-order valence-corrected chi connectivity index (χ3v) is 6.16. The minimum absolute atomic E-state index is 0.0417. The van der Waals surface area contributed by atoms with Gasteiger partial charge in [-0.05, 0) is 55.7 Å². The lowest BCUT2D eigenvalue weighted by Gasteiger charge is -2.21. The van der Waals surface area contributed by atoms with Crippen LogP contribution in [-0.2, 0) is 6.42 Å². The molecule has 0 atom stereocenters. The monoisotopic (exact) mass is 442 g/mol. The van der Waals surface area contributed by atoms with E-state index in [2.05, 4.69) is 4.98 Å². The van der Waals surface area contributed by atoms with E-state index in [1.54, 1.807) is 20.3 Å². The van der Waals surface area contributed by atoms with E-state index in [1.165, 1.54) is 23.5 Å². The van der Waals surface area contributed by atoms with Gasteiger partial charge in [-0.3, -0.25) is 4.79 Å². The Morgan fingerprint density at radius 1 is 1.10 bits per heavy atom. The molecule has 0 aliphatic rings. The zero-order chi connectivity index (χ0) is 22.4. The topological polar surface area (TPSA) is 51.7 Å². The van der Waals surface area contributed by atoms with Crippen molar-refractivity contribution in [2.45, 2.75) is 26.7 Å². The molecule has 0 N–H and O–H groups in total. The number of hydrogen-bond acceptors (Lipinski definition) is 5. The van der Waals surface area contributed by atoms with Crippen LogP contribution in [-0.4, -0.2) is 43.1 Å². The van der Waals surface area contributed by atoms with Crippen molar-refractivity contribution in [1.29, 1.82) is 0 Å². The summed E-state index contributed by atoms with van der Waals surface area (Å²) in [6.07, 6.45) is 1.44. The van der Waals surface area contributed by atoms with Gasteiger partial charge in [-0.25, -0.2) is 9.37 Å². The molecule has 1 heterocycles. The fourth-order valence-corrected chi connectivity index (χ4v) is 4.40. The first-order chi connectivity index (χ1) is 15.0. The van der Waals surface area contributed by atoms with Crippen molar-refractivity contribution in [3.8, 4) is 22.1 Å². The molecular formula is C24H27FN2O3S. The van der Waals surface area contributed by atoms with E-state index in [9.17, 15) is 9.18 Å². The second-order valence-corrected chi connectivity index (χ2v) is 8.17. The number of benzene rings is 2. The lowest BCUT2D eigenvalue weighted by Crippen LogP contribution is -2.33. The number of rotatable bonds is 9. The van der Waals surface area contributed by atoms with Crippen LogP contribution in [0.5, 0.6) is 11.5 Å². The van der Waals surface area contributed by atoms with Crippen LogP contribution in [0.2, 0.25) is 0 Å². The van der Waals surface area contributed by atoms with E-state index in [-0.39, 0.29) is 11.7 Å². The van der Waals surface area contributed by atoms with Crippen LogP contribution >= 0.6 is 11.3 Å². The summed E-state index contributed by atoms with van der Waals surface area (Å²) in [6.45, 7) is 5.05. The molecule has 3 aromatic rings. The van der Waals surface area contributed by atoms with Crippen molar-refractivity contribution >= 4 is 17.2 Å². The third-order valence-electron chi connectivity index (χ3n) is 4.96. The number of carbonyl (C=O) groups is 1. The summed E-state index contributed by atoms with van der Waals surface area (Å²) >= 11 is 1.37. The number of nitrogens with zero attached hydrogens (tertiary/aromatic N) is 2. The quantitative estimate of drug-likeness (QED) is 0.447. The van der Waals surface area contributed by atoms with Gasteiger partial charge in [-0.15, -0.1) is 11.3 Å². The van der Waals surface area contributed by atoms with Gasteiger partial charge in [0, 0.05) is 18.7 Å². The molecule has 7 heteroatoms. The number of aryl methyl sites for hydroxylation is 1. The molecule has 0 fully saturated rings. The largest absolute Gasteiger partial charge is 0.493 e. The Morgan fingerprint density at radius 2 is 1.87 bits per heavy atom. The molecule has 3 rings (SSSR count). The van der Waals surface area contributed by atoms with Crippen LogP contribution in [0.15, 0.2) is 42.5 Å². The smallest absolute Gasteiger partial charge is 0.265 e. The van der Waals surface area contributed by atoms with Crippen molar-refractivity contribution < 1.29 is 18.7 Å². The molecule has 0 saturated heterocycles. The summed E-state index contributed by atoms with van der Waals surface area (Å²) in [6, 6.07) is 12.1. The minimum atomic E-state index is -0.260. The highest BCUT2D eigenvalue weighted by Gasteiger charge is 2.22. The van der Waals surface area contributed by atoms with Crippen LogP contribution in [0.25, 0.3) is 10.6 Å². The Balaban J connectivity index is 1.82. The molecular weight excluding hydrogens is 415 g/mol. The fourth-order valence-electron chi connectivity index (χ4n) is 3.37. The molecule has 2 aromatic carbocycles. The van der Waals surface area contributed by atoms with Crippen molar-refractivity contribution in [1.82, 2.24) is 9.88 Å². The maximum absolute atomic E-state index is 13.5. The van der Waals surface area contributed by atoms with Crippen molar-refractivity contribution in [2.75, 3.05) is 27.3 Å². The number of thiazole rings is 1. The first kappa shape index (κ1) is 22.7. The molecule has 1 amide bonds.